The van der Waals surface area contributed by atoms with Crippen LogP contribution in [0.5, 0.6) is 0 Å². The summed E-state index contributed by atoms with van der Waals surface area (Å²) >= 11 is 0. The Kier molecular flexibility index (Phi) is 6.47. The third kappa shape index (κ3) is 4.76. The summed E-state index contributed by atoms with van der Waals surface area (Å²) in [5, 5.41) is 5.96. The van der Waals surface area contributed by atoms with Gasteiger partial charge in [-0.3, -0.25) is 9.59 Å². The van der Waals surface area contributed by atoms with E-state index in [-0.39, 0.29) is 11.8 Å². The standard InChI is InChI=1S/C27H30N4O2/c1-17-24(29-18(2)25(17)27(33)28-13-8-14-31(3)4)16-22-21-15-20(19-9-6-5-7-10-19)11-12-23(21)30-26(22)32/h5-7,9-12,15-16,29H,8,13-14H2,1-4H3,(H,28,33)(H,30,32). The van der Waals surface area contributed by atoms with Crippen LogP contribution in [0.15, 0.2) is 48.5 Å². The van der Waals surface area contributed by atoms with Crippen molar-refractivity contribution in [3.8, 4) is 11.1 Å². The first kappa shape index (κ1) is 22.6. The van der Waals surface area contributed by atoms with Crippen LogP contribution >= 0.6 is 0 Å². The number of nitrogens with zero attached hydrogens (tertiary/aromatic N) is 1. The number of benzene rings is 2. The van der Waals surface area contributed by atoms with Gasteiger partial charge in [0.15, 0.2) is 0 Å². The highest BCUT2D eigenvalue weighted by molar-refractivity contribution is 6.35. The molecule has 2 amide bonds. The molecule has 0 atom stereocenters. The first-order chi connectivity index (χ1) is 15.8. The maximum absolute atomic E-state index is 12.8. The second-order valence-electron chi connectivity index (χ2n) is 8.71. The van der Waals surface area contributed by atoms with E-state index in [0.717, 1.165) is 52.3 Å². The molecule has 2 heterocycles. The minimum atomic E-state index is -0.142. The Balaban J connectivity index is 1.62. The maximum Gasteiger partial charge on any atom is 0.256 e. The van der Waals surface area contributed by atoms with Gasteiger partial charge in [-0.25, -0.2) is 0 Å². The van der Waals surface area contributed by atoms with Gasteiger partial charge in [0.2, 0.25) is 0 Å². The second-order valence-corrected chi connectivity index (χ2v) is 8.71. The molecule has 0 fully saturated rings. The molecule has 0 spiro atoms. The zero-order valence-corrected chi connectivity index (χ0v) is 19.6. The molecule has 2 aromatic carbocycles. The number of aromatic nitrogens is 1. The van der Waals surface area contributed by atoms with Crippen LogP contribution in [0.4, 0.5) is 5.69 Å². The summed E-state index contributed by atoms with van der Waals surface area (Å²) in [5.41, 5.74) is 7.44. The summed E-state index contributed by atoms with van der Waals surface area (Å²) in [6.07, 6.45) is 2.74. The number of aromatic amines is 1. The third-order valence-corrected chi connectivity index (χ3v) is 5.97. The lowest BCUT2D eigenvalue weighted by Gasteiger charge is -2.10. The highest BCUT2D eigenvalue weighted by atomic mass is 16.2. The highest BCUT2D eigenvalue weighted by Crippen LogP contribution is 2.36. The second kappa shape index (κ2) is 9.46. The van der Waals surface area contributed by atoms with Crippen molar-refractivity contribution in [1.29, 1.82) is 0 Å². The average molecular weight is 443 g/mol. The van der Waals surface area contributed by atoms with E-state index >= 15 is 0 Å². The van der Waals surface area contributed by atoms with Gasteiger partial charge >= 0.3 is 0 Å². The normalized spacial score (nSPS) is 14.0. The number of rotatable bonds is 7. The highest BCUT2D eigenvalue weighted by Gasteiger charge is 2.26. The van der Waals surface area contributed by atoms with Crippen LogP contribution in [0.25, 0.3) is 22.8 Å². The van der Waals surface area contributed by atoms with Crippen LogP contribution in [-0.4, -0.2) is 48.9 Å². The summed E-state index contributed by atoms with van der Waals surface area (Å²) in [6, 6.07) is 16.1. The molecule has 1 aromatic heterocycles. The van der Waals surface area contributed by atoms with Gasteiger partial charge in [-0.05, 0) is 75.8 Å². The molecule has 0 saturated carbocycles. The van der Waals surface area contributed by atoms with Crippen LogP contribution < -0.4 is 10.6 Å². The SMILES string of the molecule is Cc1[nH]c(C=C2C(=O)Nc3ccc(-c4ccccc4)cc32)c(C)c1C(=O)NCCCN(C)C. The van der Waals surface area contributed by atoms with Gasteiger partial charge in [0.1, 0.15) is 0 Å². The Hall–Kier alpha value is -3.64. The van der Waals surface area contributed by atoms with Crippen molar-refractivity contribution in [2.75, 3.05) is 32.5 Å². The van der Waals surface area contributed by atoms with Gasteiger partial charge in [-0.15, -0.1) is 0 Å². The van der Waals surface area contributed by atoms with Crippen molar-refractivity contribution >= 4 is 29.2 Å². The maximum atomic E-state index is 12.8. The predicted molar refractivity (Wildman–Crippen MR) is 134 cm³/mol. The molecule has 0 saturated heterocycles. The number of fused-ring (bicyclic) bond motifs is 1. The molecular formula is C27H30N4O2. The molecule has 6 heteroatoms. The molecule has 0 aliphatic carbocycles. The Morgan fingerprint density at radius 2 is 1.82 bits per heavy atom. The van der Waals surface area contributed by atoms with Gasteiger partial charge in [0, 0.05) is 29.2 Å². The molecule has 33 heavy (non-hydrogen) atoms. The Labute approximate surface area is 194 Å². The lowest BCUT2D eigenvalue weighted by molar-refractivity contribution is -0.110. The Morgan fingerprint density at radius 1 is 1.06 bits per heavy atom. The van der Waals surface area contributed by atoms with Crippen molar-refractivity contribution in [3.63, 3.8) is 0 Å². The van der Waals surface area contributed by atoms with Crippen molar-refractivity contribution in [2.45, 2.75) is 20.3 Å². The van der Waals surface area contributed by atoms with E-state index < -0.39 is 0 Å². The van der Waals surface area contributed by atoms with Crippen LogP contribution in [0.1, 0.15) is 39.3 Å². The number of nitrogens with one attached hydrogen (secondary N) is 3. The van der Waals surface area contributed by atoms with Crippen molar-refractivity contribution in [1.82, 2.24) is 15.2 Å². The smallest absolute Gasteiger partial charge is 0.256 e. The number of hydrogen-bond acceptors (Lipinski definition) is 3. The molecular weight excluding hydrogens is 412 g/mol. The minimum Gasteiger partial charge on any atom is -0.358 e. The fraction of sp³-hybridized carbons (Fsp3) is 0.259. The number of aryl methyl sites for hydroxylation is 1. The van der Waals surface area contributed by atoms with E-state index in [4.69, 9.17) is 0 Å². The lowest BCUT2D eigenvalue weighted by atomic mass is 9.98. The van der Waals surface area contributed by atoms with E-state index in [9.17, 15) is 9.59 Å². The molecule has 0 radical (unpaired) electrons. The molecule has 0 bridgehead atoms. The number of anilines is 1. The third-order valence-electron chi connectivity index (χ3n) is 5.97. The van der Waals surface area contributed by atoms with E-state index in [1.165, 1.54) is 0 Å². The summed E-state index contributed by atoms with van der Waals surface area (Å²) in [4.78, 5) is 31.0. The number of amides is 2. The summed E-state index contributed by atoms with van der Waals surface area (Å²) in [6.45, 7) is 5.34. The Morgan fingerprint density at radius 3 is 2.55 bits per heavy atom. The molecule has 6 nitrogen and oxygen atoms in total. The topological polar surface area (TPSA) is 77.2 Å². The van der Waals surface area contributed by atoms with Gasteiger partial charge < -0.3 is 20.5 Å². The zero-order chi connectivity index (χ0) is 23.5. The predicted octanol–water partition coefficient (Wildman–Crippen LogP) is 4.47. The minimum absolute atomic E-state index is 0.0905. The van der Waals surface area contributed by atoms with Crippen LogP contribution in [0, 0.1) is 13.8 Å². The van der Waals surface area contributed by atoms with E-state index in [1.54, 1.807) is 0 Å². The Bertz CT molecular complexity index is 1220. The summed E-state index contributed by atoms with van der Waals surface area (Å²) in [7, 11) is 4.03. The number of carbonyl (C=O) groups is 2. The van der Waals surface area contributed by atoms with Crippen LogP contribution in [-0.2, 0) is 4.79 Å². The average Bonchev–Trinajstić information content (AvgIpc) is 3.26. The van der Waals surface area contributed by atoms with Gasteiger partial charge in [-0.2, -0.15) is 0 Å². The largest absolute Gasteiger partial charge is 0.358 e. The molecule has 3 N–H and O–H groups in total. The molecule has 0 unspecified atom stereocenters. The van der Waals surface area contributed by atoms with E-state index in [1.807, 2.05) is 70.4 Å². The monoisotopic (exact) mass is 442 g/mol. The number of hydrogen-bond donors (Lipinski definition) is 3. The quantitative estimate of drug-likeness (QED) is 0.373. The van der Waals surface area contributed by atoms with E-state index in [0.29, 0.717) is 17.7 Å². The van der Waals surface area contributed by atoms with Crippen molar-refractivity contribution in [2.24, 2.45) is 0 Å². The van der Waals surface area contributed by atoms with Crippen LogP contribution in [0.2, 0.25) is 0 Å². The summed E-state index contributed by atoms with van der Waals surface area (Å²) < 4.78 is 0. The van der Waals surface area contributed by atoms with Crippen molar-refractivity contribution in [3.05, 3.63) is 76.6 Å². The fourth-order valence-corrected chi connectivity index (χ4v) is 4.23. The molecule has 1 aliphatic heterocycles. The van der Waals surface area contributed by atoms with Gasteiger partial charge in [0.05, 0.1) is 11.1 Å². The zero-order valence-electron chi connectivity index (χ0n) is 19.6. The van der Waals surface area contributed by atoms with Gasteiger partial charge in [0.25, 0.3) is 11.8 Å². The van der Waals surface area contributed by atoms with E-state index in [2.05, 4.69) is 32.7 Å². The molecule has 170 valence electrons. The lowest BCUT2D eigenvalue weighted by Crippen LogP contribution is -2.27. The molecule has 1 aliphatic rings. The first-order valence-corrected chi connectivity index (χ1v) is 11.2. The van der Waals surface area contributed by atoms with Crippen molar-refractivity contribution < 1.29 is 9.59 Å². The molecule has 4 rings (SSSR count). The fourth-order valence-electron chi connectivity index (χ4n) is 4.23. The number of H-pyrrole nitrogens is 1. The molecule has 3 aromatic rings. The summed E-state index contributed by atoms with van der Waals surface area (Å²) in [5.74, 6) is -0.233. The van der Waals surface area contributed by atoms with Gasteiger partial charge in [-0.1, -0.05) is 36.4 Å². The van der Waals surface area contributed by atoms with Crippen LogP contribution in [0.3, 0.4) is 0 Å². The first-order valence-electron chi connectivity index (χ1n) is 11.2. The number of carbonyl (C=O) groups excluding carboxylic acids is 2.